The molecule has 0 heteroatoms. The lowest BCUT2D eigenvalue weighted by atomic mass is 9.73. The maximum atomic E-state index is 2.47. The van der Waals surface area contributed by atoms with Crippen LogP contribution in [0.25, 0.3) is 0 Å². The van der Waals surface area contributed by atoms with E-state index in [0.29, 0.717) is 17.8 Å². The van der Waals surface area contributed by atoms with E-state index in [0.717, 1.165) is 0 Å². The van der Waals surface area contributed by atoms with E-state index in [1.165, 1.54) is 35.1 Å². The van der Waals surface area contributed by atoms with Crippen molar-refractivity contribution >= 4 is 0 Å². The molecule has 0 aromatic heterocycles. The lowest BCUT2D eigenvalue weighted by Gasteiger charge is -2.31. The zero-order chi connectivity index (χ0) is 15.9. The summed E-state index contributed by atoms with van der Waals surface area (Å²) >= 11 is 0. The molecule has 1 aliphatic carbocycles. The van der Waals surface area contributed by atoms with Crippen molar-refractivity contribution in [1.29, 1.82) is 0 Å². The van der Waals surface area contributed by atoms with Gasteiger partial charge >= 0.3 is 0 Å². The Labute approximate surface area is 135 Å². The normalized spacial score (nSPS) is 21.0. The molecule has 0 spiro atoms. The van der Waals surface area contributed by atoms with Gasteiger partial charge in [-0.1, -0.05) is 57.2 Å². The van der Waals surface area contributed by atoms with Gasteiger partial charge in [-0.25, -0.2) is 0 Å². The molecule has 0 saturated heterocycles. The fraction of sp³-hybridized carbons (Fsp3) is 0.455. The summed E-state index contributed by atoms with van der Waals surface area (Å²) in [4.78, 5) is 0. The number of hydrogen-bond acceptors (Lipinski definition) is 0. The molecule has 0 amide bonds. The molecule has 2 unspecified atom stereocenters. The summed E-state index contributed by atoms with van der Waals surface area (Å²) < 4.78 is 0. The largest absolute Gasteiger partial charge is 0.0588 e. The van der Waals surface area contributed by atoms with Gasteiger partial charge in [0.05, 0.1) is 0 Å². The van der Waals surface area contributed by atoms with Crippen molar-refractivity contribution in [2.75, 3.05) is 0 Å². The minimum Gasteiger partial charge on any atom is -0.0588 e. The zero-order valence-electron chi connectivity index (χ0n) is 14.6. The predicted octanol–water partition coefficient (Wildman–Crippen LogP) is 6.46. The van der Waals surface area contributed by atoms with Crippen LogP contribution in [0, 0.1) is 13.8 Å². The Bertz CT molecular complexity index is 678. The molecule has 0 bridgehead atoms. The SMILES string of the molecule is Cc1ccc(C2CCC(C)c3cc(C(C)C)ccc32)cc1C. The molecule has 0 N–H and O–H groups in total. The van der Waals surface area contributed by atoms with Gasteiger partial charge in [0.15, 0.2) is 0 Å². The zero-order valence-corrected chi connectivity index (χ0v) is 14.6. The third-order valence-electron chi connectivity index (χ3n) is 5.51. The Kier molecular flexibility index (Phi) is 4.12. The van der Waals surface area contributed by atoms with Crippen LogP contribution < -0.4 is 0 Å². The minimum atomic E-state index is 0.576. The lowest BCUT2D eigenvalue weighted by molar-refractivity contribution is 0.544. The number of hydrogen-bond donors (Lipinski definition) is 0. The molecule has 2 atom stereocenters. The Morgan fingerprint density at radius 1 is 0.864 bits per heavy atom. The molecule has 3 rings (SSSR count). The van der Waals surface area contributed by atoms with Crippen molar-refractivity contribution in [1.82, 2.24) is 0 Å². The Morgan fingerprint density at radius 3 is 2.32 bits per heavy atom. The second-order valence-corrected chi connectivity index (χ2v) is 7.42. The van der Waals surface area contributed by atoms with E-state index in [1.54, 1.807) is 11.1 Å². The average molecular weight is 292 g/mol. The highest BCUT2D eigenvalue weighted by Gasteiger charge is 2.26. The monoisotopic (exact) mass is 292 g/mol. The Balaban J connectivity index is 2.06. The third-order valence-corrected chi connectivity index (χ3v) is 5.51. The van der Waals surface area contributed by atoms with Crippen LogP contribution in [0.15, 0.2) is 36.4 Å². The number of aryl methyl sites for hydroxylation is 2. The van der Waals surface area contributed by atoms with E-state index >= 15 is 0 Å². The van der Waals surface area contributed by atoms with Crippen LogP contribution in [0.4, 0.5) is 0 Å². The molecule has 0 nitrogen and oxygen atoms in total. The fourth-order valence-electron chi connectivity index (χ4n) is 3.75. The third kappa shape index (κ3) is 2.72. The second kappa shape index (κ2) is 5.91. The summed E-state index contributed by atoms with van der Waals surface area (Å²) in [6, 6.07) is 14.2. The van der Waals surface area contributed by atoms with Crippen LogP contribution in [0.5, 0.6) is 0 Å². The highest BCUT2D eigenvalue weighted by atomic mass is 14.3. The molecular weight excluding hydrogens is 264 g/mol. The van der Waals surface area contributed by atoms with Crippen LogP contribution in [0.2, 0.25) is 0 Å². The molecule has 116 valence electrons. The standard InChI is InChI=1S/C22H28/c1-14(2)18-9-11-21-20(10-7-16(4)22(21)13-18)19-8-6-15(3)17(5)12-19/h6,8-9,11-14,16,20H,7,10H2,1-5H3. The van der Waals surface area contributed by atoms with Crippen molar-refractivity contribution < 1.29 is 0 Å². The molecule has 2 aromatic carbocycles. The van der Waals surface area contributed by atoms with Crippen molar-refractivity contribution in [3.05, 3.63) is 69.8 Å². The van der Waals surface area contributed by atoms with E-state index in [-0.39, 0.29) is 0 Å². The van der Waals surface area contributed by atoms with Crippen LogP contribution >= 0.6 is 0 Å². The molecule has 2 aromatic rings. The summed E-state index contributed by atoms with van der Waals surface area (Å²) in [5, 5.41) is 0. The fourth-order valence-corrected chi connectivity index (χ4v) is 3.75. The molecule has 0 heterocycles. The van der Waals surface area contributed by atoms with E-state index in [2.05, 4.69) is 71.0 Å². The number of benzene rings is 2. The van der Waals surface area contributed by atoms with E-state index in [9.17, 15) is 0 Å². The van der Waals surface area contributed by atoms with Gasteiger partial charge in [-0.15, -0.1) is 0 Å². The summed E-state index contributed by atoms with van der Waals surface area (Å²) in [6.07, 6.45) is 2.57. The van der Waals surface area contributed by atoms with Gasteiger partial charge in [-0.3, -0.25) is 0 Å². The van der Waals surface area contributed by atoms with Crippen molar-refractivity contribution in [3.8, 4) is 0 Å². The molecule has 1 aliphatic rings. The number of fused-ring (bicyclic) bond motifs is 1. The molecule has 22 heavy (non-hydrogen) atoms. The first kappa shape index (κ1) is 15.3. The van der Waals surface area contributed by atoms with E-state index < -0.39 is 0 Å². The van der Waals surface area contributed by atoms with Gasteiger partial charge in [0.1, 0.15) is 0 Å². The number of rotatable bonds is 2. The smallest absolute Gasteiger partial charge is 0.00924 e. The predicted molar refractivity (Wildman–Crippen MR) is 95.9 cm³/mol. The lowest BCUT2D eigenvalue weighted by Crippen LogP contribution is -2.14. The van der Waals surface area contributed by atoms with Gasteiger partial charge in [-0.05, 0) is 71.9 Å². The van der Waals surface area contributed by atoms with Crippen molar-refractivity contribution in [3.63, 3.8) is 0 Å². The first-order valence-electron chi connectivity index (χ1n) is 8.68. The average Bonchev–Trinajstić information content (AvgIpc) is 2.50. The van der Waals surface area contributed by atoms with Gasteiger partial charge < -0.3 is 0 Å². The molecule has 0 radical (unpaired) electrons. The highest BCUT2D eigenvalue weighted by Crippen LogP contribution is 2.43. The Hall–Kier alpha value is -1.56. The first-order chi connectivity index (χ1) is 10.5. The summed E-state index contributed by atoms with van der Waals surface area (Å²) in [5.74, 6) is 1.88. The highest BCUT2D eigenvalue weighted by molar-refractivity contribution is 5.45. The minimum absolute atomic E-state index is 0.576. The summed E-state index contributed by atoms with van der Waals surface area (Å²) in [5.41, 5.74) is 8.92. The van der Waals surface area contributed by atoms with Crippen LogP contribution in [0.3, 0.4) is 0 Å². The maximum Gasteiger partial charge on any atom is 0.00924 e. The Morgan fingerprint density at radius 2 is 1.64 bits per heavy atom. The van der Waals surface area contributed by atoms with E-state index in [1.807, 2.05) is 0 Å². The summed E-state index contributed by atoms with van der Waals surface area (Å²) in [7, 11) is 0. The van der Waals surface area contributed by atoms with Crippen LogP contribution in [0.1, 0.15) is 84.7 Å². The van der Waals surface area contributed by atoms with E-state index in [4.69, 9.17) is 0 Å². The van der Waals surface area contributed by atoms with Gasteiger partial charge in [-0.2, -0.15) is 0 Å². The van der Waals surface area contributed by atoms with Crippen molar-refractivity contribution in [2.45, 2.75) is 65.2 Å². The quantitative estimate of drug-likeness (QED) is 0.596. The topological polar surface area (TPSA) is 0 Å². The first-order valence-corrected chi connectivity index (χ1v) is 8.68. The second-order valence-electron chi connectivity index (χ2n) is 7.42. The molecular formula is C22H28. The van der Waals surface area contributed by atoms with Gasteiger partial charge in [0.2, 0.25) is 0 Å². The van der Waals surface area contributed by atoms with Gasteiger partial charge in [0, 0.05) is 5.92 Å². The maximum absolute atomic E-state index is 2.47. The molecule has 0 saturated carbocycles. The molecule has 0 aliphatic heterocycles. The molecule has 0 fully saturated rings. The van der Waals surface area contributed by atoms with Gasteiger partial charge in [0.25, 0.3) is 0 Å². The van der Waals surface area contributed by atoms with Crippen molar-refractivity contribution in [2.24, 2.45) is 0 Å². The van der Waals surface area contributed by atoms with Crippen LogP contribution in [-0.2, 0) is 0 Å². The van der Waals surface area contributed by atoms with Crippen LogP contribution in [-0.4, -0.2) is 0 Å². The summed E-state index contributed by atoms with van der Waals surface area (Å²) in [6.45, 7) is 11.4.